The summed E-state index contributed by atoms with van der Waals surface area (Å²) < 4.78 is 0. The largest absolute Gasteiger partial charge is 0.357 e. The van der Waals surface area contributed by atoms with Crippen molar-refractivity contribution in [2.24, 2.45) is 5.41 Å². The van der Waals surface area contributed by atoms with E-state index in [0.717, 1.165) is 12.8 Å². The van der Waals surface area contributed by atoms with Crippen LogP contribution in [0.2, 0.25) is 0 Å². The minimum atomic E-state index is -0.472. The van der Waals surface area contributed by atoms with Gasteiger partial charge in [-0.1, -0.05) is 59.8 Å². The molecule has 0 saturated carbocycles. The number of carbonyl (C=O) groups is 2. The Morgan fingerprint density at radius 3 is 2.05 bits per heavy atom. The summed E-state index contributed by atoms with van der Waals surface area (Å²) >= 11 is 0. The molecule has 0 aromatic rings. The van der Waals surface area contributed by atoms with Gasteiger partial charge in [0.25, 0.3) is 0 Å². The van der Waals surface area contributed by atoms with Gasteiger partial charge in [0.05, 0.1) is 0 Å². The number of carbonyl (C=O) groups excluding carboxylic acids is 2. The molecule has 0 aromatic carbocycles. The van der Waals surface area contributed by atoms with Crippen LogP contribution in [0, 0.1) is 5.41 Å². The number of likely N-dealkylation sites (N-methyl/N-ethyl adjacent to an activating group) is 1. The maximum atomic E-state index is 11.9. The van der Waals surface area contributed by atoms with Crippen LogP contribution in [0.25, 0.3) is 0 Å². The van der Waals surface area contributed by atoms with Crippen molar-refractivity contribution in [3.8, 4) is 0 Å². The van der Waals surface area contributed by atoms with Gasteiger partial charge < -0.3 is 10.6 Å². The molecular weight excluding hydrogens is 252 g/mol. The molecule has 0 radical (unpaired) electrons. The molecule has 1 atom stereocenters. The summed E-state index contributed by atoms with van der Waals surface area (Å²) in [6.45, 7) is 8.06. The van der Waals surface area contributed by atoms with Gasteiger partial charge in [-0.15, -0.1) is 0 Å². The van der Waals surface area contributed by atoms with Crippen LogP contribution in [0.4, 0.5) is 0 Å². The first-order valence-electron chi connectivity index (χ1n) is 7.83. The highest BCUT2D eigenvalue weighted by atomic mass is 16.2. The molecule has 2 N–H and O–H groups in total. The van der Waals surface area contributed by atoms with Gasteiger partial charge >= 0.3 is 0 Å². The quantitative estimate of drug-likeness (QED) is 0.639. The van der Waals surface area contributed by atoms with E-state index in [-0.39, 0.29) is 17.2 Å². The van der Waals surface area contributed by atoms with Gasteiger partial charge in [-0.3, -0.25) is 9.59 Å². The molecule has 2 amide bonds. The van der Waals surface area contributed by atoms with Gasteiger partial charge in [-0.05, 0) is 11.8 Å². The maximum absolute atomic E-state index is 11.9. The average molecular weight is 284 g/mol. The zero-order valence-corrected chi connectivity index (χ0v) is 13.8. The van der Waals surface area contributed by atoms with Crippen molar-refractivity contribution in [1.82, 2.24) is 10.6 Å². The van der Waals surface area contributed by atoms with E-state index in [1.165, 1.54) is 25.7 Å². The number of nitrogens with one attached hydrogen (secondary N) is 2. The summed E-state index contributed by atoms with van der Waals surface area (Å²) in [7, 11) is 1.60. The zero-order valence-electron chi connectivity index (χ0n) is 13.8. The van der Waals surface area contributed by atoms with Gasteiger partial charge in [0.2, 0.25) is 11.8 Å². The van der Waals surface area contributed by atoms with Crippen LogP contribution >= 0.6 is 0 Å². The van der Waals surface area contributed by atoms with Gasteiger partial charge in [-0.2, -0.15) is 0 Å². The molecule has 4 nitrogen and oxygen atoms in total. The van der Waals surface area contributed by atoms with Crippen LogP contribution in [0.15, 0.2) is 0 Å². The van der Waals surface area contributed by atoms with Gasteiger partial charge in [0, 0.05) is 13.5 Å². The van der Waals surface area contributed by atoms with E-state index in [4.69, 9.17) is 0 Å². The fraction of sp³-hybridized carbons (Fsp3) is 0.875. The third kappa shape index (κ3) is 8.18. The van der Waals surface area contributed by atoms with E-state index in [1.807, 2.05) is 20.8 Å². The highest BCUT2D eigenvalue weighted by molar-refractivity contribution is 5.88. The SMILES string of the molecule is CCCCCCCCC(=O)N[C@H](C(=O)NC)C(C)(C)C. The second-order valence-corrected chi connectivity index (χ2v) is 6.50. The Labute approximate surface area is 124 Å². The zero-order chi connectivity index (χ0) is 15.6. The predicted octanol–water partition coefficient (Wildman–Crippen LogP) is 3.01. The van der Waals surface area contributed by atoms with Crippen molar-refractivity contribution in [3.05, 3.63) is 0 Å². The predicted molar refractivity (Wildman–Crippen MR) is 83.4 cm³/mol. The van der Waals surface area contributed by atoms with Crippen LogP contribution in [-0.4, -0.2) is 24.9 Å². The first kappa shape index (κ1) is 18.9. The molecule has 0 aliphatic rings. The topological polar surface area (TPSA) is 58.2 Å². The van der Waals surface area contributed by atoms with Gasteiger partial charge in [0.1, 0.15) is 6.04 Å². The van der Waals surface area contributed by atoms with Crippen molar-refractivity contribution >= 4 is 11.8 Å². The first-order chi connectivity index (χ1) is 9.32. The number of hydrogen-bond acceptors (Lipinski definition) is 2. The van der Waals surface area contributed by atoms with Crippen LogP contribution in [-0.2, 0) is 9.59 Å². The molecule has 0 rings (SSSR count). The average Bonchev–Trinajstić information content (AvgIpc) is 2.38. The van der Waals surface area contributed by atoms with Crippen molar-refractivity contribution in [1.29, 1.82) is 0 Å². The van der Waals surface area contributed by atoms with Crippen molar-refractivity contribution in [3.63, 3.8) is 0 Å². The standard InChI is InChI=1S/C16H32N2O2/c1-6-7-8-9-10-11-12-13(19)18-14(15(20)17-5)16(2,3)4/h14H,6-12H2,1-5H3,(H,17,20)(H,18,19)/t14-/m1/s1. The molecule has 20 heavy (non-hydrogen) atoms. The molecule has 0 aliphatic heterocycles. The summed E-state index contributed by atoms with van der Waals surface area (Å²) in [5.41, 5.74) is -0.281. The molecule has 0 heterocycles. The molecule has 0 fully saturated rings. The monoisotopic (exact) mass is 284 g/mol. The van der Waals surface area contributed by atoms with Crippen LogP contribution in [0.3, 0.4) is 0 Å². The Morgan fingerprint density at radius 2 is 1.55 bits per heavy atom. The number of rotatable bonds is 9. The van der Waals surface area contributed by atoms with Crippen molar-refractivity contribution in [2.75, 3.05) is 7.05 Å². The third-order valence-corrected chi connectivity index (χ3v) is 3.44. The molecule has 0 saturated heterocycles. The van der Waals surface area contributed by atoms with Crippen molar-refractivity contribution < 1.29 is 9.59 Å². The maximum Gasteiger partial charge on any atom is 0.242 e. The van der Waals surface area contributed by atoms with Crippen LogP contribution < -0.4 is 10.6 Å². The first-order valence-corrected chi connectivity index (χ1v) is 7.83. The molecule has 118 valence electrons. The Bertz CT molecular complexity index is 295. The van der Waals surface area contributed by atoms with E-state index in [1.54, 1.807) is 7.05 Å². The summed E-state index contributed by atoms with van der Waals surface area (Å²) in [4.78, 5) is 23.7. The van der Waals surface area contributed by atoms with Gasteiger partial charge in [-0.25, -0.2) is 0 Å². The van der Waals surface area contributed by atoms with Crippen LogP contribution in [0.5, 0.6) is 0 Å². The van der Waals surface area contributed by atoms with Crippen LogP contribution in [0.1, 0.15) is 72.6 Å². The molecule has 0 bridgehead atoms. The Hall–Kier alpha value is -1.06. The van der Waals surface area contributed by atoms with Gasteiger partial charge in [0.15, 0.2) is 0 Å². The molecule has 0 unspecified atom stereocenters. The Morgan fingerprint density at radius 1 is 1.00 bits per heavy atom. The summed E-state index contributed by atoms with van der Waals surface area (Å²) in [5.74, 6) is -0.155. The summed E-state index contributed by atoms with van der Waals surface area (Å²) in [5, 5.41) is 5.47. The fourth-order valence-corrected chi connectivity index (χ4v) is 2.12. The molecule has 0 spiro atoms. The lowest BCUT2D eigenvalue weighted by Crippen LogP contribution is -2.52. The van der Waals surface area contributed by atoms with E-state index >= 15 is 0 Å². The number of hydrogen-bond donors (Lipinski definition) is 2. The van der Waals surface area contributed by atoms with E-state index in [9.17, 15) is 9.59 Å². The molecule has 4 heteroatoms. The Kier molecular flexibility index (Phi) is 9.26. The van der Waals surface area contributed by atoms with E-state index in [2.05, 4.69) is 17.6 Å². The Balaban J connectivity index is 4.06. The number of amides is 2. The second kappa shape index (κ2) is 9.78. The lowest BCUT2D eigenvalue weighted by molar-refractivity contribution is -0.131. The summed E-state index contributed by atoms with van der Waals surface area (Å²) in [6, 6.07) is -0.472. The lowest BCUT2D eigenvalue weighted by Gasteiger charge is -2.29. The lowest BCUT2D eigenvalue weighted by atomic mass is 9.86. The van der Waals surface area contributed by atoms with E-state index in [0.29, 0.717) is 6.42 Å². The summed E-state index contributed by atoms with van der Waals surface area (Å²) in [6.07, 6.45) is 7.46. The van der Waals surface area contributed by atoms with E-state index < -0.39 is 6.04 Å². The smallest absolute Gasteiger partial charge is 0.242 e. The number of unbranched alkanes of at least 4 members (excludes halogenated alkanes) is 5. The minimum Gasteiger partial charge on any atom is -0.357 e. The second-order valence-electron chi connectivity index (χ2n) is 6.50. The van der Waals surface area contributed by atoms with Crippen molar-refractivity contribution in [2.45, 2.75) is 78.7 Å². The molecule has 0 aromatic heterocycles. The highest BCUT2D eigenvalue weighted by Gasteiger charge is 2.31. The minimum absolute atomic E-state index is 0.0241. The molecule has 0 aliphatic carbocycles. The normalized spacial score (nSPS) is 12.8. The molecular formula is C16H32N2O2. The third-order valence-electron chi connectivity index (χ3n) is 3.44. The highest BCUT2D eigenvalue weighted by Crippen LogP contribution is 2.19. The fourth-order valence-electron chi connectivity index (χ4n) is 2.12.